The molecule has 0 spiro atoms. The summed E-state index contributed by atoms with van der Waals surface area (Å²) < 4.78 is 0. The lowest BCUT2D eigenvalue weighted by Gasteiger charge is -2.20. The quantitative estimate of drug-likeness (QED) is 0.621. The van der Waals surface area contributed by atoms with Gasteiger partial charge in [-0.2, -0.15) is 0 Å². The van der Waals surface area contributed by atoms with Crippen molar-refractivity contribution in [1.29, 1.82) is 0 Å². The van der Waals surface area contributed by atoms with E-state index >= 15 is 0 Å². The lowest BCUT2D eigenvalue weighted by Crippen LogP contribution is -2.46. The first-order valence-corrected chi connectivity index (χ1v) is 6.21. The zero-order valence-corrected chi connectivity index (χ0v) is 9.96. The third kappa shape index (κ3) is 3.09. The number of nitrogens with zero attached hydrogens (tertiary/aromatic N) is 1. The number of hydrogen-bond donors (Lipinski definition) is 3. The molecule has 2 aliphatic rings. The molecule has 2 aliphatic heterocycles. The van der Waals surface area contributed by atoms with Crippen LogP contribution in [0.15, 0.2) is 0 Å². The second kappa shape index (κ2) is 5.50. The van der Waals surface area contributed by atoms with Crippen molar-refractivity contribution in [2.24, 2.45) is 0 Å². The van der Waals surface area contributed by atoms with Crippen molar-refractivity contribution >= 4 is 6.03 Å². The Morgan fingerprint density at radius 1 is 1.50 bits per heavy atom. The average Bonchev–Trinajstić information content (AvgIpc) is 2.87. The molecule has 2 heterocycles. The fourth-order valence-corrected chi connectivity index (χ4v) is 2.46. The molecule has 2 saturated heterocycles. The first-order valence-electron chi connectivity index (χ1n) is 6.21. The highest BCUT2D eigenvalue weighted by Gasteiger charge is 2.22. The van der Waals surface area contributed by atoms with Crippen LogP contribution in [0.4, 0.5) is 4.79 Å². The summed E-state index contributed by atoms with van der Waals surface area (Å²) in [5.74, 6) is 0. The lowest BCUT2D eigenvalue weighted by atomic mass is 10.2. The summed E-state index contributed by atoms with van der Waals surface area (Å²) in [6.07, 6.45) is 3.48. The van der Waals surface area contributed by atoms with E-state index in [0.717, 1.165) is 32.6 Å². The van der Waals surface area contributed by atoms with Gasteiger partial charge in [-0.1, -0.05) is 0 Å². The van der Waals surface area contributed by atoms with Crippen molar-refractivity contribution in [3.8, 4) is 0 Å². The van der Waals surface area contributed by atoms with E-state index < -0.39 is 0 Å². The van der Waals surface area contributed by atoms with Crippen molar-refractivity contribution in [2.45, 2.75) is 31.3 Å². The monoisotopic (exact) mass is 226 g/mol. The Balaban J connectivity index is 1.63. The molecule has 0 radical (unpaired) electrons. The number of rotatable bonds is 3. The molecule has 3 N–H and O–H groups in total. The topological polar surface area (TPSA) is 56.4 Å². The molecule has 5 nitrogen and oxygen atoms in total. The van der Waals surface area contributed by atoms with Gasteiger partial charge in [0.25, 0.3) is 0 Å². The van der Waals surface area contributed by atoms with Crippen LogP contribution < -0.4 is 16.0 Å². The van der Waals surface area contributed by atoms with Crippen LogP contribution in [-0.2, 0) is 0 Å². The van der Waals surface area contributed by atoms with E-state index in [1.807, 2.05) is 0 Å². The molecule has 2 unspecified atom stereocenters. The average molecular weight is 226 g/mol. The molecule has 0 aliphatic carbocycles. The molecule has 16 heavy (non-hydrogen) atoms. The lowest BCUT2D eigenvalue weighted by molar-refractivity contribution is 0.231. The van der Waals surface area contributed by atoms with Crippen molar-refractivity contribution in [3.05, 3.63) is 0 Å². The van der Waals surface area contributed by atoms with Gasteiger partial charge in [0.2, 0.25) is 0 Å². The molecule has 0 saturated carbocycles. The van der Waals surface area contributed by atoms with Crippen LogP contribution in [0, 0.1) is 0 Å². The molecule has 0 bridgehead atoms. The highest BCUT2D eigenvalue weighted by atomic mass is 16.2. The van der Waals surface area contributed by atoms with Gasteiger partial charge < -0.3 is 20.9 Å². The van der Waals surface area contributed by atoms with Crippen molar-refractivity contribution in [1.82, 2.24) is 20.9 Å². The summed E-state index contributed by atoms with van der Waals surface area (Å²) in [6, 6.07) is 0.808. The van der Waals surface area contributed by atoms with Gasteiger partial charge in [-0.05, 0) is 39.4 Å². The Kier molecular flexibility index (Phi) is 4.01. The van der Waals surface area contributed by atoms with Gasteiger partial charge in [0.05, 0.1) is 0 Å². The minimum atomic E-state index is -0.0194. The zero-order chi connectivity index (χ0) is 11.4. The molecular weight excluding hydrogens is 204 g/mol. The normalized spacial score (nSPS) is 30.6. The first-order chi connectivity index (χ1) is 7.75. The molecular formula is C11H22N4O. The van der Waals surface area contributed by atoms with Gasteiger partial charge in [0, 0.05) is 25.2 Å². The smallest absolute Gasteiger partial charge is 0.315 e. The number of likely N-dealkylation sites (N-methyl/N-ethyl adjacent to an activating group) is 1. The van der Waals surface area contributed by atoms with Crippen LogP contribution in [0.1, 0.15) is 19.3 Å². The maximum Gasteiger partial charge on any atom is 0.315 e. The van der Waals surface area contributed by atoms with Gasteiger partial charge in [0.1, 0.15) is 0 Å². The molecule has 0 aromatic rings. The maximum absolute atomic E-state index is 11.6. The number of carbonyl (C=O) groups is 1. The van der Waals surface area contributed by atoms with Crippen molar-refractivity contribution in [3.63, 3.8) is 0 Å². The Morgan fingerprint density at radius 2 is 2.38 bits per heavy atom. The molecule has 2 amide bonds. The van der Waals surface area contributed by atoms with E-state index in [4.69, 9.17) is 0 Å². The van der Waals surface area contributed by atoms with Gasteiger partial charge >= 0.3 is 6.03 Å². The molecule has 2 fully saturated rings. The largest absolute Gasteiger partial charge is 0.337 e. The van der Waals surface area contributed by atoms with Crippen molar-refractivity contribution in [2.75, 3.05) is 33.2 Å². The number of likely N-dealkylation sites (tertiary alicyclic amines) is 1. The molecule has 5 heteroatoms. The molecule has 2 rings (SSSR count). The number of nitrogens with one attached hydrogen (secondary N) is 3. The number of carbonyl (C=O) groups excluding carboxylic acids is 1. The van der Waals surface area contributed by atoms with Gasteiger partial charge in [0.15, 0.2) is 0 Å². The van der Waals surface area contributed by atoms with E-state index in [1.54, 1.807) is 0 Å². The molecule has 0 aromatic carbocycles. The molecule has 92 valence electrons. The predicted molar refractivity (Wildman–Crippen MR) is 63.5 cm³/mol. The van der Waals surface area contributed by atoms with Gasteiger partial charge in [-0.25, -0.2) is 4.79 Å². The zero-order valence-electron chi connectivity index (χ0n) is 9.96. The fraction of sp³-hybridized carbons (Fsp3) is 0.909. The van der Waals surface area contributed by atoms with E-state index in [0.29, 0.717) is 12.1 Å². The van der Waals surface area contributed by atoms with Crippen LogP contribution >= 0.6 is 0 Å². The van der Waals surface area contributed by atoms with E-state index in [-0.39, 0.29) is 6.03 Å². The van der Waals surface area contributed by atoms with Crippen molar-refractivity contribution < 1.29 is 4.79 Å². The summed E-state index contributed by atoms with van der Waals surface area (Å²) in [5, 5.41) is 9.18. The van der Waals surface area contributed by atoms with Crippen LogP contribution in [0.25, 0.3) is 0 Å². The first kappa shape index (κ1) is 11.7. The standard InChI is InChI=1S/C11H22N4O/c1-15-6-2-3-10(15)8-13-11(16)14-9-4-5-12-7-9/h9-10,12H,2-8H2,1H3,(H2,13,14,16). The highest BCUT2D eigenvalue weighted by Crippen LogP contribution is 2.13. The highest BCUT2D eigenvalue weighted by molar-refractivity contribution is 5.74. The van der Waals surface area contributed by atoms with E-state index in [2.05, 4.69) is 27.9 Å². The predicted octanol–water partition coefficient (Wildman–Crippen LogP) is -0.258. The van der Waals surface area contributed by atoms with E-state index in [9.17, 15) is 4.79 Å². The minimum absolute atomic E-state index is 0.0194. The Hall–Kier alpha value is -0.810. The molecule has 0 aromatic heterocycles. The Morgan fingerprint density at radius 3 is 3.00 bits per heavy atom. The number of urea groups is 1. The molecule has 2 atom stereocenters. The van der Waals surface area contributed by atoms with Crippen LogP contribution in [0.2, 0.25) is 0 Å². The summed E-state index contributed by atoms with van der Waals surface area (Å²) in [7, 11) is 2.12. The van der Waals surface area contributed by atoms with Gasteiger partial charge in [-0.15, -0.1) is 0 Å². The summed E-state index contributed by atoms with van der Waals surface area (Å²) in [6.45, 7) is 3.83. The Bertz CT molecular complexity index is 240. The van der Waals surface area contributed by atoms with Gasteiger partial charge in [-0.3, -0.25) is 0 Å². The van der Waals surface area contributed by atoms with Crippen LogP contribution in [-0.4, -0.2) is 56.2 Å². The third-order valence-corrected chi connectivity index (χ3v) is 3.57. The number of hydrogen-bond acceptors (Lipinski definition) is 3. The number of amides is 2. The second-order valence-electron chi connectivity index (χ2n) is 4.82. The van der Waals surface area contributed by atoms with Crippen LogP contribution in [0.3, 0.4) is 0 Å². The third-order valence-electron chi connectivity index (χ3n) is 3.57. The summed E-state index contributed by atoms with van der Waals surface area (Å²) in [5.41, 5.74) is 0. The summed E-state index contributed by atoms with van der Waals surface area (Å²) >= 11 is 0. The van der Waals surface area contributed by atoms with E-state index in [1.165, 1.54) is 12.8 Å². The minimum Gasteiger partial charge on any atom is -0.337 e. The van der Waals surface area contributed by atoms with Crippen LogP contribution in [0.5, 0.6) is 0 Å². The second-order valence-corrected chi connectivity index (χ2v) is 4.82. The Labute approximate surface area is 96.9 Å². The SMILES string of the molecule is CN1CCCC1CNC(=O)NC1CCNC1. The maximum atomic E-state index is 11.6. The fourth-order valence-electron chi connectivity index (χ4n) is 2.46. The summed E-state index contributed by atoms with van der Waals surface area (Å²) in [4.78, 5) is 13.9.